The fourth-order valence-corrected chi connectivity index (χ4v) is 1.18. The second-order valence-corrected chi connectivity index (χ2v) is 2.64. The number of hydrogen-bond donors (Lipinski definition) is 0. The van der Waals surface area contributed by atoms with Crippen LogP contribution in [0.4, 0.5) is 0 Å². The Balaban J connectivity index is 0.000000490. The van der Waals surface area contributed by atoms with Gasteiger partial charge in [0.15, 0.2) is 0 Å². The number of rotatable bonds is 0. The molecule has 0 spiro atoms. The molecule has 1 heteroatoms. The maximum Gasteiger partial charge on any atom is 2.00 e. The van der Waals surface area contributed by atoms with Gasteiger partial charge in [-0.3, -0.25) is 0 Å². The summed E-state index contributed by atoms with van der Waals surface area (Å²) in [5, 5.41) is 0. The normalized spacial score (nSPS) is 30.0. The first-order valence-corrected chi connectivity index (χ1v) is 3.13. The molecule has 0 amide bonds. The van der Waals surface area contributed by atoms with Crippen LogP contribution >= 0.6 is 0 Å². The summed E-state index contributed by atoms with van der Waals surface area (Å²) in [7, 11) is 0. The fourth-order valence-electron chi connectivity index (χ4n) is 1.18. The molecule has 1 atom stereocenters. The van der Waals surface area contributed by atoms with E-state index >= 15 is 0 Å². The van der Waals surface area contributed by atoms with Crippen molar-refractivity contribution in [2.45, 2.75) is 33.1 Å². The van der Waals surface area contributed by atoms with Gasteiger partial charge in [0.2, 0.25) is 0 Å². The topological polar surface area (TPSA) is 0 Å². The van der Waals surface area contributed by atoms with Gasteiger partial charge < -0.3 is 5.92 Å². The van der Waals surface area contributed by atoms with Crippen molar-refractivity contribution in [1.82, 2.24) is 0 Å². The van der Waals surface area contributed by atoms with Crippen LogP contribution in [0.5, 0.6) is 0 Å². The first-order chi connectivity index (χ1) is 3.30. The summed E-state index contributed by atoms with van der Waals surface area (Å²) < 4.78 is 0. The second-order valence-electron chi connectivity index (χ2n) is 2.64. The smallest absolute Gasteiger partial charge is 0.314 e. The predicted molar refractivity (Wildman–Crippen MR) is 31.9 cm³/mol. The molecular formula is C7H13Zn+. The van der Waals surface area contributed by atoms with Crippen molar-refractivity contribution in [1.29, 1.82) is 0 Å². The maximum absolute atomic E-state index is 2.32. The van der Waals surface area contributed by atoms with E-state index in [1.54, 1.807) is 5.92 Å². The Hall–Kier alpha value is 0.623. The molecule has 42 valence electrons. The summed E-state index contributed by atoms with van der Waals surface area (Å²) in [6, 6.07) is 0. The van der Waals surface area contributed by atoms with Crippen LogP contribution in [0.1, 0.15) is 33.1 Å². The molecule has 0 N–H and O–H groups in total. The van der Waals surface area contributed by atoms with Gasteiger partial charge in [0.25, 0.3) is 0 Å². The fraction of sp³-hybridized carbons (Fsp3) is 0.857. The van der Waals surface area contributed by atoms with E-state index in [9.17, 15) is 0 Å². The van der Waals surface area contributed by atoms with Crippen molar-refractivity contribution in [3.63, 3.8) is 0 Å². The van der Waals surface area contributed by atoms with E-state index < -0.39 is 0 Å². The third kappa shape index (κ3) is 1.86. The van der Waals surface area contributed by atoms with Crippen LogP contribution < -0.4 is 0 Å². The van der Waals surface area contributed by atoms with Gasteiger partial charge in [0.1, 0.15) is 0 Å². The molecule has 0 heterocycles. The largest absolute Gasteiger partial charge is 2.00 e. The van der Waals surface area contributed by atoms with Crippen molar-refractivity contribution in [2.75, 3.05) is 0 Å². The standard InChI is InChI=1S/C7H13.Zn/c1-6-4-3-5-7(6)2;/h6H,3-5H2,1-2H3;/q-1;+2. The van der Waals surface area contributed by atoms with Gasteiger partial charge in [-0.1, -0.05) is 19.8 Å². The summed E-state index contributed by atoms with van der Waals surface area (Å²) in [5.41, 5.74) is 0. The Kier molecular flexibility index (Phi) is 3.89. The molecule has 0 aromatic carbocycles. The van der Waals surface area contributed by atoms with Crippen molar-refractivity contribution in [3.05, 3.63) is 5.92 Å². The van der Waals surface area contributed by atoms with Crippen LogP contribution in [0.2, 0.25) is 0 Å². The molecule has 1 aliphatic carbocycles. The summed E-state index contributed by atoms with van der Waals surface area (Å²) in [5.74, 6) is 2.64. The van der Waals surface area contributed by atoms with E-state index in [0.29, 0.717) is 0 Å². The molecular weight excluding hydrogens is 149 g/mol. The van der Waals surface area contributed by atoms with E-state index in [1.165, 1.54) is 19.3 Å². The second kappa shape index (κ2) is 3.61. The van der Waals surface area contributed by atoms with Crippen LogP contribution in [0.3, 0.4) is 0 Å². The zero-order chi connectivity index (χ0) is 5.28. The minimum Gasteiger partial charge on any atom is -0.314 e. The molecule has 0 aliphatic heterocycles. The van der Waals surface area contributed by atoms with E-state index in [1.807, 2.05) is 0 Å². The third-order valence-electron chi connectivity index (χ3n) is 2.05. The SMILES string of the molecule is C[C-]1CCCC1C.[Zn+2]. The third-order valence-corrected chi connectivity index (χ3v) is 2.05. The molecule has 1 rings (SSSR count). The summed E-state index contributed by atoms with van der Waals surface area (Å²) in [4.78, 5) is 0. The molecule has 0 radical (unpaired) electrons. The Morgan fingerprint density at radius 1 is 1.50 bits per heavy atom. The molecule has 0 aromatic heterocycles. The minimum absolute atomic E-state index is 0. The van der Waals surface area contributed by atoms with Crippen LogP contribution in [0.25, 0.3) is 0 Å². The van der Waals surface area contributed by atoms with Crippen LogP contribution in [0.15, 0.2) is 0 Å². The van der Waals surface area contributed by atoms with E-state index in [2.05, 4.69) is 13.8 Å². The van der Waals surface area contributed by atoms with Crippen LogP contribution in [0, 0.1) is 11.8 Å². The van der Waals surface area contributed by atoms with Crippen molar-refractivity contribution >= 4 is 0 Å². The average molecular weight is 163 g/mol. The average Bonchev–Trinajstić information content (AvgIpc) is 1.91. The van der Waals surface area contributed by atoms with Gasteiger partial charge in [-0.05, 0) is 0 Å². The zero-order valence-corrected chi connectivity index (χ0v) is 8.87. The molecule has 1 fully saturated rings. The molecule has 8 heavy (non-hydrogen) atoms. The Morgan fingerprint density at radius 2 is 2.12 bits per heavy atom. The van der Waals surface area contributed by atoms with Gasteiger partial charge in [0, 0.05) is 0 Å². The summed E-state index contributed by atoms with van der Waals surface area (Å²) in [6.07, 6.45) is 4.26. The van der Waals surface area contributed by atoms with E-state index in [0.717, 1.165) is 5.92 Å². The van der Waals surface area contributed by atoms with Gasteiger partial charge in [-0.2, -0.15) is 19.3 Å². The first kappa shape index (κ1) is 8.62. The van der Waals surface area contributed by atoms with Gasteiger partial charge in [-0.25, -0.2) is 0 Å². The molecule has 0 aromatic rings. The van der Waals surface area contributed by atoms with E-state index in [4.69, 9.17) is 0 Å². The maximum atomic E-state index is 2.32. The van der Waals surface area contributed by atoms with E-state index in [-0.39, 0.29) is 19.5 Å². The summed E-state index contributed by atoms with van der Waals surface area (Å²) >= 11 is 0. The molecule has 1 unspecified atom stereocenters. The Labute approximate surface area is 64.8 Å². The van der Waals surface area contributed by atoms with Crippen LogP contribution in [-0.4, -0.2) is 0 Å². The Bertz CT molecular complexity index is 53.4. The Morgan fingerprint density at radius 3 is 2.25 bits per heavy atom. The first-order valence-electron chi connectivity index (χ1n) is 3.13. The summed E-state index contributed by atoms with van der Waals surface area (Å²) in [6.45, 7) is 4.60. The quantitative estimate of drug-likeness (QED) is 0.379. The minimum atomic E-state index is 0. The molecule has 0 nitrogen and oxygen atoms in total. The predicted octanol–water partition coefficient (Wildman–Crippen LogP) is 2.40. The number of hydrogen-bond acceptors (Lipinski definition) is 0. The van der Waals surface area contributed by atoms with Gasteiger partial charge in [0.05, 0.1) is 0 Å². The van der Waals surface area contributed by atoms with Crippen molar-refractivity contribution in [3.8, 4) is 0 Å². The monoisotopic (exact) mass is 161 g/mol. The van der Waals surface area contributed by atoms with Crippen molar-refractivity contribution < 1.29 is 19.5 Å². The van der Waals surface area contributed by atoms with Gasteiger partial charge in [-0.15, -0.1) is 0 Å². The molecule has 1 saturated carbocycles. The molecule has 0 bridgehead atoms. The van der Waals surface area contributed by atoms with Gasteiger partial charge >= 0.3 is 19.5 Å². The molecule has 0 saturated heterocycles. The van der Waals surface area contributed by atoms with Crippen LogP contribution in [-0.2, 0) is 19.5 Å². The zero-order valence-electron chi connectivity index (χ0n) is 5.91. The molecule has 1 aliphatic rings. The van der Waals surface area contributed by atoms with Crippen molar-refractivity contribution in [2.24, 2.45) is 5.92 Å².